The fraction of sp³-hybridized carbons (Fsp3) is 0.500. The van der Waals surface area contributed by atoms with Crippen LogP contribution in [0.1, 0.15) is 25.3 Å². The van der Waals surface area contributed by atoms with Gasteiger partial charge in [-0.25, -0.2) is 0 Å². The summed E-state index contributed by atoms with van der Waals surface area (Å²) in [4.78, 5) is 11.5. The largest absolute Gasteiger partial charge is 0.355 e. The summed E-state index contributed by atoms with van der Waals surface area (Å²) < 4.78 is 0. The molecule has 1 aromatic carbocycles. The molecule has 1 amide bonds. The monoisotopic (exact) mass is 270 g/mol. The number of carbonyl (C=O) groups excluding carboxylic acids is 1. The fourth-order valence-electron chi connectivity index (χ4n) is 1.58. The van der Waals surface area contributed by atoms with E-state index in [1.807, 2.05) is 18.2 Å². The van der Waals surface area contributed by atoms with Crippen molar-refractivity contribution < 1.29 is 4.79 Å². The molecule has 18 heavy (non-hydrogen) atoms. The van der Waals surface area contributed by atoms with Gasteiger partial charge in [-0.05, 0) is 24.9 Å². The third kappa shape index (κ3) is 8.09. The molecule has 0 saturated carbocycles. The van der Waals surface area contributed by atoms with Gasteiger partial charge in [-0.3, -0.25) is 4.79 Å². The van der Waals surface area contributed by atoms with E-state index in [2.05, 4.69) is 29.7 Å². The van der Waals surface area contributed by atoms with E-state index in [1.165, 1.54) is 5.56 Å². The van der Waals surface area contributed by atoms with Crippen molar-refractivity contribution >= 4 is 18.3 Å². The van der Waals surface area contributed by atoms with Crippen molar-refractivity contribution in [3.63, 3.8) is 0 Å². The Balaban J connectivity index is 0.00000289. The topological polar surface area (TPSA) is 41.1 Å². The molecule has 1 rings (SSSR count). The molecule has 0 atom stereocenters. The van der Waals surface area contributed by atoms with Crippen LogP contribution in [-0.2, 0) is 11.2 Å². The van der Waals surface area contributed by atoms with Gasteiger partial charge in [0.1, 0.15) is 0 Å². The maximum atomic E-state index is 11.5. The first-order valence-electron chi connectivity index (χ1n) is 6.34. The van der Waals surface area contributed by atoms with Crippen LogP contribution in [-0.4, -0.2) is 25.5 Å². The molecule has 0 radical (unpaired) electrons. The van der Waals surface area contributed by atoms with Crippen molar-refractivity contribution in [3.8, 4) is 0 Å². The Morgan fingerprint density at radius 1 is 1.11 bits per heavy atom. The number of halogens is 1. The standard InChI is InChI=1S/C14H22N2O.ClH/c1-2-10-15-11-12-16-14(17)9-8-13-6-4-3-5-7-13;/h3-7,15H,2,8-12H2,1H3,(H,16,17);1H. The van der Waals surface area contributed by atoms with Gasteiger partial charge in [-0.15, -0.1) is 12.4 Å². The Bertz CT molecular complexity index is 317. The van der Waals surface area contributed by atoms with Crippen LogP contribution in [0, 0.1) is 0 Å². The van der Waals surface area contributed by atoms with Crippen molar-refractivity contribution in [2.75, 3.05) is 19.6 Å². The molecule has 102 valence electrons. The Morgan fingerprint density at radius 2 is 1.83 bits per heavy atom. The Kier molecular flexibility index (Phi) is 10.4. The summed E-state index contributed by atoms with van der Waals surface area (Å²) in [5.74, 6) is 0.132. The zero-order chi connectivity index (χ0) is 12.3. The Labute approximate surface area is 116 Å². The number of nitrogens with one attached hydrogen (secondary N) is 2. The lowest BCUT2D eigenvalue weighted by atomic mass is 10.1. The average Bonchev–Trinajstić information content (AvgIpc) is 2.37. The van der Waals surface area contributed by atoms with Crippen molar-refractivity contribution in [3.05, 3.63) is 35.9 Å². The first-order valence-corrected chi connectivity index (χ1v) is 6.34. The second-order valence-electron chi connectivity index (χ2n) is 4.09. The molecule has 0 unspecified atom stereocenters. The van der Waals surface area contributed by atoms with E-state index in [1.54, 1.807) is 0 Å². The molecule has 0 aliphatic carbocycles. The number of benzene rings is 1. The maximum absolute atomic E-state index is 11.5. The van der Waals surface area contributed by atoms with Gasteiger partial charge >= 0.3 is 0 Å². The summed E-state index contributed by atoms with van der Waals surface area (Å²) in [6.07, 6.45) is 2.51. The van der Waals surface area contributed by atoms with Crippen molar-refractivity contribution in [2.45, 2.75) is 26.2 Å². The molecule has 0 heterocycles. The van der Waals surface area contributed by atoms with E-state index in [-0.39, 0.29) is 18.3 Å². The number of hydrogen-bond donors (Lipinski definition) is 2. The number of carbonyl (C=O) groups is 1. The predicted molar refractivity (Wildman–Crippen MR) is 78.2 cm³/mol. The summed E-state index contributed by atoms with van der Waals surface area (Å²) in [5.41, 5.74) is 1.21. The lowest BCUT2D eigenvalue weighted by Crippen LogP contribution is -2.32. The van der Waals surface area contributed by atoms with E-state index < -0.39 is 0 Å². The molecule has 0 fully saturated rings. The van der Waals surface area contributed by atoms with E-state index in [9.17, 15) is 4.79 Å². The maximum Gasteiger partial charge on any atom is 0.220 e. The second-order valence-corrected chi connectivity index (χ2v) is 4.09. The van der Waals surface area contributed by atoms with Gasteiger partial charge in [0.25, 0.3) is 0 Å². The van der Waals surface area contributed by atoms with Gasteiger partial charge in [0.2, 0.25) is 5.91 Å². The van der Waals surface area contributed by atoms with E-state index >= 15 is 0 Å². The lowest BCUT2D eigenvalue weighted by molar-refractivity contribution is -0.121. The number of rotatable bonds is 8. The predicted octanol–water partition coefficient (Wildman–Crippen LogP) is 2.16. The van der Waals surface area contributed by atoms with Gasteiger partial charge in [0, 0.05) is 19.5 Å². The smallest absolute Gasteiger partial charge is 0.220 e. The summed E-state index contributed by atoms with van der Waals surface area (Å²) in [6.45, 7) is 4.71. The zero-order valence-corrected chi connectivity index (χ0v) is 11.8. The van der Waals surface area contributed by atoms with Crippen LogP contribution < -0.4 is 10.6 Å². The highest BCUT2D eigenvalue weighted by Crippen LogP contribution is 2.01. The highest BCUT2D eigenvalue weighted by atomic mass is 35.5. The minimum Gasteiger partial charge on any atom is -0.355 e. The molecule has 4 heteroatoms. The van der Waals surface area contributed by atoms with Gasteiger partial charge in [0.05, 0.1) is 0 Å². The van der Waals surface area contributed by atoms with Crippen molar-refractivity contribution in [2.24, 2.45) is 0 Å². The van der Waals surface area contributed by atoms with Crippen LogP contribution in [0.15, 0.2) is 30.3 Å². The molecule has 0 spiro atoms. The van der Waals surface area contributed by atoms with Crippen LogP contribution in [0.3, 0.4) is 0 Å². The minimum atomic E-state index is 0. The first-order chi connectivity index (χ1) is 8.33. The summed E-state index contributed by atoms with van der Waals surface area (Å²) in [7, 11) is 0. The number of hydrogen-bond acceptors (Lipinski definition) is 2. The van der Waals surface area contributed by atoms with Gasteiger partial charge in [-0.1, -0.05) is 37.3 Å². The normalized spacial score (nSPS) is 9.61. The second kappa shape index (κ2) is 11.1. The van der Waals surface area contributed by atoms with E-state index in [0.717, 1.165) is 25.9 Å². The van der Waals surface area contributed by atoms with Crippen LogP contribution in [0.4, 0.5) is 0 Å². The molecule has 3 nitrogen and oxygen atoms in total. The molecule has 0 bridgehead atoms. The SMILES string of the molecule is CCCNCCNC(=O)CCc1ccccc1.Cl. The molecule has 0 aromatic heterocycles. The molecule has 1 aromatic rings. The first kappa shape index (κ1) is 16.9. The van der Waals surface area contributed by atoms with E-state index in [0.29, 0.717) is 13.0 Å². The quantitative estimate of drug-likeness (QED) is 0.711. The fourth-order valence-corrected chi connectivity index (χ4v) is 1.58. The van der Waals surface area contributed by atoms with Crippen molar-refractivity contribution in [1.82, 2.24) is 10.6 Å². The molecule has 0 saturated heterocycles. The number of aryl methyl sites for hydroxylation is 1. The van der Waals surface area contributed by atoms with Gasteiger partial charge in [0.15, 0.2) is 0 Å². The van der Waals surface area contributed by atoms with Crippen molar-refractivity contribution in [1.29, 1.82) is 0 Å². The molecule has 2 N–H and O–H groups in total. The zero-order valence-electron chi connectivity index (χ0n) is 10.9. The number of amides is 1. The van der Waals surface area contributed by atoms with Crippen LogP contribution in [0.2, 0.25) is 0 Å². The summed E-state index contributed by atoms with van der Waals surface area (Å²) in [6, 6.07) is 10.1. The van der Waals surface area contributed by atoms with Crippen LogP contribution >= 0.6 is 12.4 Å². The average molecular weight is 271 g/mol. The minimum absolute atomic E-state index is 0. The third-order valence-corrected chi connectivity index (χ3v) is 2.53. The Morgan fingerprint density at radius 3 is 2.50 bits per heavy atom. The lowest BCUT2D eigenvalue weighted by Gasteiger charge is -2.06. The Hall–Kier alpha value is -1.06. The summed E-state index contributed by atoms with van der Waals surface area (Å²) in [5, 5.41) is 6.16. The molecular weight excluding hydrogens is 248 g/mol. The van der Waals surface area contributed by atoms with Gasteiger partial charge < -0.3 is 10.6 Å². The van der Waals surface area contributed by atoms with Crippen LogP contribution in [0.5, 0.6) is 0 Å². The highest BCUT2D eigenvalue weighted by Gasteiger charge is 2.00. The molecule has 0 aliphatic rings. The van der Waals surface area contributed by atoms with Crippen LogP contribution in [0.25, 0.3) is 0 Å². The molecule has 0 aliphatic heterocycles. The third-order valence-electron chi connectivity index (χ3n) is 2.53. The molecular formula is C14H23ClN2O. The summed E-state index contributed by atoms with van der Waals surface area (Å²) >= 11 is 0. The van der Waals surface area contributed by atoms with Gasteiger partial charge in [-0.2, -0.15) is 0 Å². The van der Waals surface area contributed by atoms with E-state index in [4.69, 9.17) is 0 Å². The highest BCUT2D eigenvalue weighted by molar-refractivity contribution is 5.85.